The lowest BCUT2D eigenvalue weighted by Crippen LogP contribution is -2.03. The molecule has 0 heterocycles. The van der Waals surface area contributed by atoms with Crippen molar-refractivity contribution >= 4 is 27.4 Å². The number of Topliss-reactive ketones (excluding diaryl/α,β-unsaturated/α-hetero) is 1. The summed E-state index contributed by atoms with van der Waals surface area (Å²) < 4.78 is 1.11. The van der Waals surface area contributed by atoms with Crippen LogP contribution in [0.15, 0.2) is 22.7 Å². The third-order valence-corrected chi connectivity index (χ3v) is 3.06. The number of benzene rings is 1. The Morgan fingerprint density at radius 3 is 2.80 bits per heavy atom. The summed E-state index contributed by atoms with van der Waals surface area (Å²) in [6, 6.07) is 6.17. The normalized spacial score (nSPS) is 10.1. The molecular formula is C12H16BrNO. The number of aryl methyl sites for hydroxylation is 1. The van der Waals surface area contributed by atoms with Gasteiger partial charge in [-0.15, -0.1) is 0 Å². The summed E-state index contributed by atoms with van der Waals surface area (Å²) in [6.45, 7) is 4.53. The molecule has 0 aromatic heterocycles. The monoisotopic (exact) mass is 269 g/mol. The van der Waals surface area contributed by atoms with Gasteiger partial charge in [0.05, 0.1) is 0 Å². The second-order valence-corrected chi connectivity index (χ2v) is 4.55. The van der Waals surface area contributed by atoms with Crippen LogP contribution in [0.25, 0.3) is 0 Å². The number of carbonyl (C=O) groups excluding carboxylic acids is 1. The van der Waals surface area contributed by atoms with Gasteiger partial charge in [-0.2, -0.15) is 0 Å². The fourth-order valence-electron chi connectivity index (χ4n) is 1.27. The first-order valence-electron chi connectivity index (χ1n) is 5.09. The molecule has 1 aromatic carbocycles. The Kier molecular flexibility index (Phi) is 4.82. The average Bonchev–Trinajstić information content (AvgIpc) is 2.18. The number of hydrogen-bond acceptors (Lipinski definition) is 2. The van der Waals surface area contributed by atoms with Crippen LogP contribution in [0.3, 0.4) is 0 Å². The van der Waals surface area contributed by atoms with E-state index in [0.29, 0.717) is 6.42 Å². The minimum absolute atomic E-state index is 0.252. The van der Waals surface area contributed by atoms with E-state index in [1.54, 1.807) is 6.92 Å². The molecule has 0 fully saturated rings. The van der Waals surface area contributed by atoms with Crippen molar-refractivity contribution in [3.05, 3.63) is 28.2 Å². The van der Waals surface area contributed by atoms with Gasteiger partial charge < -0.3 is 10.1 Å². The van der Waals surface area contributed by atoms with Crippen LogP contribution in [0.4, 0.5) is 5.69 Å². The van der Waals surface area contributed by atoms with Gasteiger partial charge in [-0.05, 0) is 38.0 Å². The Morgan fingerprint density at radius 1 is 1.47 bits per heavy atom. The SMILES string of the molecule is CC(=O)CCCNc1ccc(C)c(Br)c1. The topological polar surface area (TPSA) is 29.1 Å². The molecule has 0 radical (unpaired) electrons. The number of nitrogens with one attached hydrogen (secondary N) is 1. The molecule has 0 aliphatic rings. The van der Waals surface area contributed by atoms with Crippen LogP contribution >= 0.6 is 15.9 Å². The molecule has 15 heavy (non-hydrogen) atoms. The second-order valence-electron chi connectivity index (χ2n) is 3.70. The van der Waals surface area contributed by atoms with Crippen LogP contribution in [0.2, 0.25) is 0 Å². The molecule has 82 valence electrons. The van der Waals surface area contributed by atoms with Gasteiger partial charge in [0.25, 0.3) is 0 Å². The van der Waals surface area contributed by atoms with Gasteiger partial charge in [-0.3, -0.25) is 0 Å². The zero-order valence-electron chi connectivity index (χ0n) is 9.14. The zero-order chi connectivity index (χ0) is 11.3. The summed E-state index contributed by atoms with van der Waals surface area (Å²) >= 11 is 3.48. The van der Waals surface area contributed by atoms with Crippen molar-refractivity contribution in [2.75, 3.05) is 11.9 Å². The highest BCUT2D eigenvalue weighted by Gasteiger charge is 1.97. The van der Waals surface area contributed by atoms with Gasteiger partial charge in [0.15, 0.2) is 0 Å². The van der Waals surface area contributed by atoms with Crippen molar-refractivity contribution < 1.29 is 4.79 Å². The standard InChI is InChI=1S/C12H16BrNO/c1-9-5-6-11(8-12(9)13)14-7-3-4-10(2)15/h5-6,8,14H,3-4,7H2,1-2H3. The molecule has 0 aliphatic heterocycles. The molecule has 0 aliphatic carbocycles. The molecule has 0 spiro atoms. The van der Waals surface area contributed by atoms with Gasteiger partial charge in [-0.1, -0.05) is 22.0 Å². The Balaban J connectivity index is 2.38. The van der Waals surface area contributed by atoms with E-state index in [0.717, 1.165) is 23.1 Å². The number of halogens is 1. The molecule has 2 nitrogen and oxygen atoms in total. The highest BCUT2D eigenvalue weighted by Crippen LogP contribution is 2.20. The first-order chi connectivity index (χ1) is 7.09. The molecule has 0 bridgehead atoms. The maximum atomic E-state index is 10.7. The van der Waals surface area contributed by atoms with Gasteiger partial charge in [0, 0.05) is 23.1 Å². The Hall–Kier alpha value is -0.830. The minimum atomic E-state index is 0.252. The summed E-state index contributed by atoms with van der Waals surface area (Å²) in [4.78, 5) is 10.7. The predicted octanol–water partition coefficient (Wildman–Crippen LogP) is 3.54. The Labute approximate surface area is 99.2 Å². The van der Waals surface area contributed by atoms with Crippen LogP contribution in [-0.2, 0) is 4.79 Å². The Morgan fingerprint density at radius 2 is 2.20 bits per heavy atom. The summed E-state index contributed by atoms with van der Waals surface area (Å²) in [5, 5.41) is 3.29. The molecular weight excluding hydrogens is 254 g/mol. The fourth-order valence-corrected chi connectivity index (χ4v) is 1.65. The van der Waals surface area contributed by atoms with Crippen molar-refractivity contribution in [2.24, 2.45) is 0 Å². The summed E-state index contributed by atoms with van der Waals surface area (Å²) in [7, 11) is 0. The summed E-state index contributed by atoms with van der Waals surface area (Å²) in [5.74, 6) is 0.252. The second kappa shape index (κ2) is 5.91. The van der Waals surface area contributed by atoms with Gasteiger partial charge in [-0.25, -0.2) is 0 Å². The number of hydrogen-bond donors (Lipinski definition) is 1. The maximum Gasteiger partial charge on any atom is 0.129 e. The lowest BCUT2D eigenvalue weighted by atomic mass is 10.2. The quantitative estimate of drug-likeness (QED) is 0.829. The number of carbonyl (C=O) groups is 1. The van der Waals surface area contributed by atoms with E-state index in [1.807, 2.05) is 6.07 Å². The number of ketones is 1. The number of anilines is 1. The highest BCUT2D eigenvalue weighted by molar-refractivity contribution is 9.10. The first kappa shape index (κ1) is 12.2. The lowest BCUT2D eigenvalue weighted by Gasteiger charge is -2.07. The zero-order valence-corrected chi connectivity index (χ0v) is 10.7. The van der Waals surface area contributed by atoms with Crippen LogP contribution in [0, 0.1) is 6.92 Å². The van der Waals surface area contributed by atoms with Crippen LogP contribution in [0.5, 0.6) is 0 Å². The number of rotatable bonds is 5. The summed E-state index contributed by atoms with van der Waals surface area (Å²) in [6.07, 6.45) is 1.54. The molecule has 1 aromatic rings. The molecule has 0 atom stereocenters. The van der Waals surface area contributed by atoms with E-state index in [-0.39, 0.29) is 5.78 Å². The molecule has 1 rings (SSSR count). The largest absolute Gasteiger partial charge is 0.385 e. The van der Waals surface area contributed by atoms with Gasteiger partial charge >= 0.3 is 0 Å². The molecule has 1 N–H and O–H groups in total. The van der Waals surface area contributed by atoms with Gasteiger partial charge in [0.1, 0.15) is 5.78 Å². The summed E-state index contributed by atoms with van der Waals surface area (Å²) in [5.41, 5.74) is 2.32. The molecule has 0 unspecified atom stereocenters. The molecule has 0 amide bonds. The van der Waals surface area contributed by atoms with Crippen molar-refractivity contribution in [3.63, 3.8) is 0 Å². The maximum absolute atomic E-state index is 10.7. The highest BCUT2D eigenvalue weighted by atomic mass is 79.9. The minimum Gasteiger partial charge on any atom is -0.385 e. The van der Waals surface area contributed by atoms with Crippen LogP contribution in [-0.4, -0.2) is 12.3 Å². The van der Waals surface area contributed by atoms with E-state index in [2.05, 4.69) is 40.3 Å². The van der Waals surface area contributed by atoms with Crippen molar-refractivity contribution in [1.29, 1.82) is 0 Å². The van der Waals surface area contributed by atoms with E-state index in [9.17, 15) is 4.79 Å². The molecule has 3 heteroatoms. The average molecular weight is 270 g/mol. The van der Waals surface area contributed by atoms with Crippen molar-refractivity contribution in [2.45, 2.75) is 26.7 Å². The molecule has 0 saturated carbocycles. The van der Waals surface area contributed by atoms with Crippen molar-refractivity contribution in [1.82, 2.24) is 0 Å². The lowest BCUT2D eigenvalue weighted by molar-refractivity contribution is -0.117. The third-order valence-electron chi connectivity index (χ3n) is 2.21. The third kappa shape index (κ3) is 4.47. The first-order valence-corrected chi connectivity index (χ1v) is 5.88. The smallest absolute Gasteiger partial charge is 0.129 e. The predicted molar refractivity (Wildman–Crippen MR) is 67.3 cm³/mol. The van der Waals surface area contributed by atoms with Crippen LogP contribution in [0.1, 0.15) is 25.3 Å². The van der Waals surface area contributed by atoms with Crippen molar-refractivity contribution in [3.8, 4) is 0 Å². The Bertz CT molecular complexity index is 349. The van der Waals surface area contributed by atoms with Crippen LogP contribution < -0.4 is 5.32 Å². The van der Waals surface area contributed by atoms with E-state index < -0.39 is 0 Å². The van der Waals surface area contributed by atoms with E-state index >= 15 is 0 Å². The van der Waals surface area contributed by atoms with E-state index in [4.69, 9.17) is 0 Å². The van der Waals surface area contributed by atoms with Gasteiger partial charge in [0.2, 0.25) is 0 Å². The van der Waals surface area contributed by atoms with E-state index in [1.165, 1.54) is 5.56 Å². The molecule has 0 saturated heterocycles. The fraction of sp³-hybridized carbons (Fsp3) is 0.417.